The molecule has 0 spiro atoms. The zero-order chi connectivity index (χ0) is 17.8. The fourth-order valence-corrected chi connectivity index (χ4v) is 3.28. The maximum atomic E-state index is 12.1. The number of thiophene rings is 1. The summed E-state index contributed by atoms with van der Waals surface area (Å²) in [5, 5.41) is 16.7. The van der Waals surface area contributed by atoms with Crippen molar-refractivity contribution in [2.45, 2.75) is 19.8 Å². The number of aryl methyl sites for hydroxylation is 1. The van der Waals surface area contributed by atoms with E-state index in [1.54, 1.807) is 5.38 Å². The lowest BCUT2D eigenvalue weighted by Crippen LogP contribution is -2.16. The molecule has 0 saturated carbocycles. The summed E-state index contributed by atoms with van der Waals surface area (Å²) in [6, 6.07) is 4.56. The summed E-state index contributed by atoms with van der Waals surface area (Å²) in [6.45, 7) is 2.09. The third-order valence-corrected chi connectivity index (χ3v) is 4.50. The van der Waals surface area contributed by atoms with Gasteiger partial charge in [0, 0.05) is 10.3 Å². The molecule has 0 atom stereocenters. The van der Waals surface area contributed by atoms with E-state index in [1.807, 2.05) is 6.07 Å². The van der Waals surface area contributed by atoms with Crippen LogP contribution >= 0.6 is 11.3 Å². The molecule has 0 aliphatic carbocycles. The van der Waals surface area contributed by atoms with E-state index < -0.39 is 4.92 Å². The van der Waals surface area contributed by atoms with Crippen molar-refractivity contribution < 1.29 is 19.2 Å². The maximum Gasteiger partial charge on any atom is 0.282 e. The van der Waals surface area contributed by atoms with Crippen molar-refractivity contribution >= 4 is 29.1 Å². The highest BCUT2D eigenvalue weighted by atomic mass is 32.1. The molecule has 0 radical (unpaired) electrons. The van der Waals surface area contributed by atoms with Crippen molar-refractivity contribution in [3.8, 4) is 11.5 Å². The molecule has 3 rings (SSSR count). The van der Waals surface area contributed by atoms with Crippen LogP contribution < -0.4 is 14.9 Å². The highest BCUT2D eigenvalue weighted by Gasteiger charge is 2.22. The van der Waals surface area contributed by atoms with Gasteiger partial charge in [-0.15, -0.1) is 11.3 Å². The van der Waals surface area contributed by atoms with Gasteiger partial charge >= 0.3 is 0 Å². The number of nitrogens with zero attached hydrogens (tertiary/aromatic N) is 2. The fraction of sp³-hybridized carbons (Fsp3) is 0.250. The van der Waals surface area contributed by atoms with E-state index in [9.17, 15) is 14.9 Å². The van der Waals surface area contributed by atoms with E-state index in [2.05, 4.69) is 17.5 Å². The average Bonchev–Trinajstić information content (AvgIpc) is 3.22. The average molecular weight is 361 g/mol. The Morgan fingerprint density at radius 3 is 2.88 bits per heavy atom. The Hall–Kier alpha value is -2.94. The van der Waals surface area contributed by atoms with E-state index in [1.165, 1.54) is 29.7 Å². The second-order valence-electron chi connectivity index (χ2n) is 5.27. The standard InChI is InChI=1S/C16H15N3O5S/c1-2-3-12-4-11(8-25-12)16(20)18-17-7-10-5-14-15(24-9-23-14)6-13(10)19(21)22/h4-8H,2-3,9H2,1H3,(H,18,20)/b17-7+. The fourth-order valence-electron chi connectivity index (χ4n) is 2.31. The smallest absolute Gasteiger partial charge is 0.282 e. The van der Waals surface area contributed by atoms with Crippen LogP contribution in [0.25, 0.3) is 0 Å². The van der Waals surface area contributed by atoms with Crippen LogP contribution in [0.5, 0.6) is 11.5 Å². The van der Waals surface area contributed by atoms with Crippen LogP contribution in [0.1, 0.15) is 34.1 Å². The molecule has 1 aromatic carbocycles. The maximum absolute atomic E-state index is 12.1. The normalized spacial score (nSPS) is 12.5. The van der Waals surface area contributed by atoms with Gasteiger partial charge in [0.1, 0.15) is 0 Å². The Morgan fingerprint density at radius 1 is 1.40 bits per heavy atom. The van der Waals surface area contributed by atoms with Gasteiger partial charge in [-0.2, -0.15) is 5.10 Å². The minimum Gasteiger partial charge on any atom is -0.454 e. The van der Waals surface area contributed by atoms with Gasteiger partial charge in [-0.05, 0) is 18.6 Å². The molecular weight excluding hydrogens is 346 g/mol. The molecular formula is C16H15N3O5S. The van der Waals surface area contributed by atoms with Crippen molar-refractivity contribution in [1.29, 1.82) is 0 Å². The summed E-state index contributed by atoms with van der Waals surface area (Å²) in [6.07, 6.45) is 3.15. The molecule has 0 fully saturated rings. The predicted octanol–water partition coefficient (Wildman–Crippen LogP) is 3.10. The Morgan fingerprint density at radius 2 is 2.16 bits per heavy atom. The van der Waals surface area contributed by atoms with Crippen LogP contribution in [0.4, 0.5) is 5.69 Å². The summed E-state index contributed by atoms with van der Waals surface area (Å²) < 4.78 is 10.3. The van der Waals surface area contributed by atoms with E-state index in [0.717, 1.165) is 17.7 Å². The van der Waals surface area contributed by atoms with E-state index in [-0.39, 0.29) is 24.0 Å². The van der Waals surface area contributed by atoms with Gasteiger partial charge in [-0.3, -0.25) is 14.9 Å². The van der Waals surface area contributed by atoms with Crippen LogP contribution in [0.15, 0.2) is 28.7 Å². The summed E-state index contributed by atoms with van der Waals surface area (Å²) in [5.74, 6) is 0.355. The van der Waals surface area contributed by atoms with Crippen LogP contribution in [0.3, 0.4) is 0 Å². The topological polar surface area (TPSA) is 103 Å². The van der Waals surface area contributed by atoms with Gasteiger partial charge in [0.15, 0.2) is 11.5 Å². The number of fused-ring (bicyclic) bond motifs is 1. The van der Waals surface area contributed by atoms with Crippen molar-refractivity contribution in [3.05, 3.63) is 49.7 Å². The van der Waals surface area contributed by atoms with Crippen LogP contribution in [0.2, 0.25) is 0 Å². The minimum absolute atomic E-state index is 0.0159. The SMILES string of the molecule is CCCc1cc(C(=O)N/N=C/c2cc3c(cc2[N+](=O)[O-])OCO3)cs1. The Labute approximate surface area is 147 Å². The van der Waals surface area contributed by atoms with Crippen molar-refractivity contribution in [2.24, 2.45) is 5.10 Å². The number of nitro benzene ring substituents is 1. The van der Waals surface area contributed by atoms with E-state index in [4.69, 9.17) is 9.47 Å². The number of hydrazone groups is 1. The first kappa shape index (κ1) is 16.9. The lowest BCUT2D eigenvalue weighted by molar-refractivity contribution is -0.385. The number of carbonyl (C=O) groups excluding carboxylic acids is 1. The Bertz CT molecular complexity index is 846. The highest BCUT2D eigenvalue weighted by Crippen LogP contribution is 2.37. The first-order valence-electron chi connectivity index (χ1n) is 7.57. The minimum atomic E-state index is -0.541. The molecule has 1 amide bonds. The number of nitrogens with one attached hydrogen (secondary N) is 1. The number of amides is 1. The monoisotopic (exact) mass is 361 g/mol. The Balaban J connectivity index is 1.73. The van der Waals surface area contributed by atoms with Gasteiger partial charge in [-0.25, -0.2) is 5.43 Å². The lowest BCUT2D eigenvalue weighted by Gasteiger charge is -2.01. The molecule has 8 nitrogen and oxygen atoms in total. The zero-order valence-corrected chi connectivity index (χ0v) is 14.2. The number of rotatable bonds is 6. The zero-order valence-electron chi connectivity index (χ0n) is 13.4. The number of hydrogen-bond acceptors (Lipinski definition) is 7. The summed E-state index contributed by atoms with van der Waals surface area (Å²) >= 11 is 1.52. The van der Waals surface area contributed by atoms with E-state index in [0.29, 0.717) is 17.1 Å². The molecule has 2 heterocycles. The van der Waals surface area contributed by atoms with Gasteiger partial charge in [0.2, 0.25) is 6.79 Å². The number of carbonyl (C=O) groups is 1. The number of benzene rings is 1. The molecule has 130 valence electrons. The van der Waals surface area contributed by atoms with Crippen molar-refractivity contribution in [3.63, 3.8) is 0 Å². The molecule has 0 bridgehead atoms. The second-order valence-corrected chi connectivity index (χ2v) is 6.27. The highest BCUT2D eigenvalue weighted by molar-refractivity contribution is 7.10. The first-order valence-corrected chi connectivity index (χ1v) is 8.45. The quantitative estimate of drug-likeness (QED) is 0.484. The predicted molar refractivity (Wildman–Crippen MR) is 92.6 cm³/mol. The number of nitro groups is 1. The molecule has 1 aliphatic rings. The van der Waals surface area contributed by atoms with Crippen LogP contribution in [0, 0.1) is 10.1 Å². The van der Waals surface area contributed by atoms with E-state index >= 15 is 0 Å². The third-order valence-electron chi connectivity index (χ3n) is 3.50. The first-order chi connectivity index (χ1) is 12.1. The lowest BCUT2D eigenvalue weighted by atomic mass is 10.1. The van der Waals surface area contributed by atoms with Gasteiger partial charge in [0.25, 0.3) is 11.6 Å². The Kier molecular flexibility index (Phi) is 4.94. The molecule has 1 aromatic heterocycles. The molecule has 2 aromatic rings. The molecule has 25 heavy (non-hydrogen) atoms. The largest absolute Gasteiger partial charge is 0.454 e. The number of ether oxygens (including phenoxy) is 2. The second kappa shape index (κ2) is 7.31. The molecule has 1 aliphatic heterocycles. The molecule has 9 heteroatoms. The molecule has 0 saturated heterocycles. The third kappa shape index (κ3) is 3.77. The molecule has 0 unspecified atom stereocenters. The van der Waals surface area contributed by atoms with Crippen LogP contribution in [-0.2, 0) is 6.42 Å². The van der Waals surface area contributed by atoms with Crippen molar-refractivity contribution in [1.82, 2.24) is 5.43 Å². The van der Waals surface area contributed by atoms with Gasteiger partial charge < -0.3 is 9.47 Å². The van der Waals surface area contributed by atoms with Gasteiger partial charge in [0.05, 0.1) is 28.3 Å². The van der Waals surface area contributed by atoms with Gasteiger partial charge in [-0.1, -0.05) is 13.3 Å². The van der Waals surface area contributed by atoms with Crippen LogP contribution in [-0.4, -0.2) is 23.8 Å². The summed E-state index contributed by atoms with van der Waals surface area (Å²) in [5.41, 5.74) is 2.94. The molecule has 1 N–H and O–H groups in total. The van der Waals surface area contributed by atoms with Crippen molar-refractivity contribution in [2.75, 3.05) is 6.79 Å². The summed E-state index contributed by atoms with van der Waals surface area (Å²) in [4.78, 5) is 23.8. The number of hydrogen-bond donors (Lipinski definition) is 1. The summed E-state index contributed by atoms with van der Waals surface area (Å²) in [7, 11) is 0.